The van der Waals surface area contributed by atoms with Crippen LogP contribution in [0.3, 0.4) is 0 Å². The molecule has 0 radical (unpaired) electrons. The predicted octanol–water partition coefficient (Wildman–Crippen LogP) is 3.96. The van der Waals surface area contributed by atoms with Gasteiger partial charge in [0, 0.05) is 22.5 Å². The van der Waals surface area contributed by atoms with E-state index in [2.05, 4.69) is 15.3 Å². The summed E-state index contributed by atoms with van der Waals surface area (Å²) in [6.07, 6.45) is 2.71. The third kappa shape index (κ3) is 2.46. The van der Waals surface area contributed by atoms with Gasteiger partial charge in [-0.2, -0.15) is 0 Å². The zero-order valence-electron chi connectivity index (χ0n) is 11.7. The molecule has 2 aromatic heterocycles. The van der Waals surface area contributed by atoms with Gasteiger partial charge in [-0.05, 0) is 48.2 Å². The Labute approximate surface area is 132 Å². The van der Waals surface area contributed by atoms with Crippen LogP contribution in [0.2, 0.25) is 5.02 Å². The topological polar surface area (TPSA) is 57.8 Å². The number of hydrogen-bond acceptors (Lipinski definition) is 2. The van der Waals surface area contributed by atoms with Crippen molar-refractivity contribution < 1.29 is 4.79 Å². The number of benzene rings is 1. The summed E-state index contributed by atoms with van der Waals surface area (Å²) in [6.45, 7) is 0. The summed E-state index contributed by atoms with van der Waals surface area (Å²) < 4.78 is 0. The van der Waals surface area contributed by atoms with Crippen LogP contribution in [-0.4, -0.2) is 15.9 Å². The summed E-state index contributed by atoms with van der Waals surface area (Å²) in [5.41, 5.74) is 1.94. The van der Waals surface area contributed by atoms with Gasteiger partial charge in [-0.3, -0.25) is 4.79 Å². The number of amides is 1. The minimum absolute atomic E-state index is 0.0160. The molecule has 5 heteroatoms. The molecular formula is C17H14ClN3O. The number of halogens is 1. The molecule has 0 aliphatic heterocycles. The molecule has 2 atom stereocenters. The summed E-state index contributed by atoms with van der Waals surface area (Å²) in [4.78, 5) is 19.7. The van der Waals surface area contributed by atoms with Crippen LogP contribution in [0.15, 0.2) is 48.7 Å². The highest BCUT2D eigenvalue weighted by molar-refractivity contribution is 6.30. The second-order valence-electron chi connectivity index (χ2n) is 5.60. The first-order valence-corrected chi connectivity index (χ1v) is 7.59. The van der Waals surface area contributed by atoms with E-state index in [0.29, 0.717) is 10.8 Å². The van der Waals surface area contributed by atoms with Crippen molar-refractivity contribution in [2.24, 2.45) is 5.92 Å². The highest BCUT2D eigenvalue weighted by atomic mass is 35.5. The molecule has 2 heterocycles. The Bertz CT molecular complexity index is 840. The van der Waals surface area contributed by atoms with Crippen molar-refractivity contribution in [3.63, 3.8) is 0 Å². The number of aromatic nitrogens is 2. The Morgan fingerprint density at radius 3 is 2.82 bits per heavy atom. The second-order valence-corrected chi connectivity index (χ2v) is 6.04. The Morgan fingerprint density at radius 1 is 1.18 bits per heavy atom. The average Bonchev–Trinajstić information content (AvgIpc) is 3.18. The number of carbonyl (C=O) groups excluding carboxylic acids is 1. The molecule has 1 amide bonds. The Hall–Kier alpha value is -2.33. The number of fused-ring (bicyclic) bond motifs is 1. The molecule has 110 valence electrons. The fourth-order valence-corrected chi connectivity index (χ4v) is 2.91. The van der Waals surface area contributed by atoms with Crippen molar-refractivity contribution in [2.45, 2.75) is 12.3 Å². The zero-order chi connectivity index (χ0) is 15.1. The van der Waals surface area contributed by atoms with Gasteiger partial charge >= 0.3 is 0 Å². The van der Waals surface area contributed by atoms with Gasteiger partial charge in [0.25, 0.3) is 0 Å². The van der Waals surface area contributed by atoms with E-state index in [4.69, 9.17) is 11.6 Å². The number of carbonyl (C=O) groups is 1. The van der Waals surface area contributed by atoms with Crippen molar-refractivity contribution in [1.29, 1.82) is 0 Å². The van der Waals surface area contributed by atoms with Crippen LogP contribution in [0.4, 0.5) is 5.82 Å². The van der Waals surface area contributed by atoms with E-state index >= 15 is 0 Å². The SMILES string of the molecule is O=C(Nc1ccc2cc[nH]c2n1)[C@@H]1C[C@H]1c1ccc(Cl)cc1. The molecule has 4 rings (SSSR count). The lowest BCUT2D eigenvalue weighted by atomic mass is 10.1. The van der Waals surface area contributed by atoms with E-state index in [9.17, 15) is 4.79 Å². The largest absolute Gasteiger partial charge is 0.346 e. The molecule has 0 bridgehead atoms. The predicted molar refractivity (Wildman–Crippen MR) is 87.0 cm³/mol. The van der Waals surface area contributed by atoms with Gasteiger partial charge in [-0.25, -0.2) is 4.98 Å². The molecule has 1 aliphatic rings. The van der Waals surface area contributed by atoms with E-state index in [1.54, 1.807) is 0 Å². The van der Waals surface area contributed by atoms with Crippen molar-refractivity contribution in [3.05, 3.63) is 59.2 Å². The number of H-pyrrole nitrogens is 1. The van der Waals surface area contributed by atoms with Gasteiger partial charge in [0.05, 0.1) is 0 Å². The standard InChI is InChI=1S/C17H14ClN3O/c18-12-4-1-10(2-5-12)13-9-14(13)17(22)21-15-6-3-11-7-8-19-16(11)20-15/h1-8,13-14H,9H2,(H2,19,20,21,22)/t13-,14+/m0/s1. The van der Waals surface area contributed by atoms with E-state index in [0.717, 1.165) is 23.0 Å². The normalized spacial score (nSPS) is 20.0. The van der Waals surface area contributed by atoms with Crippen molar-refractivity contribution in [3.8, 4) is 0 Å². The number of hydrogen-bond donors (Lipinski definition) is 2. The number of nitrogens with one attached hydrogen (secondary N) is 2. The summed E-state index contributed by atoms with van der Waals surface area (Å²) in [6, 6.07) is 13.4. The lowest BCUT2D eigenvalue weighted by Gasteiger charge is -2.04. The third-order valence-electron chi connectivity index (χ3n) is 4.09. The summed E-state index contributed by atoms with van der Waals surface area (Å²) in [7, 11) is 0. The fourth-order valence-electron chi connectivity index (χ4n) is 2.78. The lowest BCUT2D eigenvalue weighted by molar-refractivity contribution is -0.117. The molecule has 2 N–H and O–H groups in total. The molecule has 1 aliphatic carbocycles. The van der Waals surface area contributed by atoms with Crippen LogP contribution in [-0.2, 0) is 4.79 Å². The van der Waals surface area contributed by atoms with Gasteiger partial charge in [0.2, 0.25) is 5.91 Å². The van der Waals surface area contributed by atoms with Gasteiger partial charge in [0.15, 0.2) is 0 Å². The molecule has 1 fully saturated rings. The molecule has 3 aromatic rings. The minimum atomic E-state index is 0.0160. The van der Waals surface area contributed by atoms with Gasteiger partial charge in [0.1, 0.15) is 11.5 Å². The highest BCUT2D eigenvalue weighted by Gasteiger charge is 2.43. The van der Waals surface area contributed by atoms with Crippen LogP contribution in [0, 0.1) is 5.92 Å². The molecular weight excluding hydrogens is 298 g/mol. The second kappa shape index (κ2) is 5.14. The van der Waals surface area contributed by atoms with Crippen molar-refractivity contribution >= 4 is 34.4 Å². The zero-order valence-corrected chi connectivity index (χ0v) is 12.5. The van der Waals surface area contributed by atoms with Gasteiger partial charge < -0.3 is 10.3 Å². The number of anilines is 1. The third-order valence-corrected chi connectivity index (χ3v) is 4.34. The average molecular weight is 312 g/mol. The Morgan fingerprint density at radius 2 is 2.00 bits per heavy atom. The van der Waals surface area contributed by atoms with E-state index in [-0.39, 0.29) is 17.7 Å². The Balaban J connectivity index is 1.45. The summed E-state index contributed by atoms with van der Waals surface area (Å²) >= 11 is 5.89. The fraction of sp³-hybridized carbons (Fsp3) is 0.176. The maximum atomic E-state index is 12.3. The van der Waals surface area contributed by atoms with Gasteiger partial charge in [-0.1, -0.05) is 23.7 Å². The van der Waals surface area contributed by atoms with Crippen molar-refractivity contribution in [2.75, 3.05) is 5.32 Å². The molecule has 0 unspecified atom stereocenters. The first kappa shape index (κ1) is 13.3. The first-order chi connectivity index (χ1) is 10.7. The monoisotopic (exact) mass is 311 g/mol. The lowest BCUT2D eigenvalue weighted by Crippen LogP contribution is -2.15. The van der Waals surface area contributed by atoms with E-state index in [1.807, 2.05) is 48.7 Å². The highest BCUT2D eigenvalue weighted by Crippen LogP contribution is 2.48. The number of rotatable bonds is 3. The van der Waals surface area contributed by atoms with E-state index in [1.165, 1.54) is 0 Å². The smallest absolute Gasteiger partial charge is 0.229 e. The molecule has 0 saturated heterocycles. The molecule has 22 heavy (non-hydrogen) atoms. The molecule has 4 nitrogen and oxygen atoms in total. The minimum Gasteiger partial charge on any atom is -0.346 e. The van der Waals surface area contributed by atoms with Crippen LogP contribution >= 0.6 is 11.6 Å². The maximum absolute atomic E-state index is 12.3. The van der Waals surface area contributed by atoms with Crippen LogP contribution < -0.4 is 5.32 Å². The van der Waals surface area contributed by atoms with Gasteiger partial charge in [-0.15, -0.1) is 0 Å². The Kier molecular flexibility index (Phi) is 3.12. The first-order valence-electron chi connectivity index (χ1n) is 7.21. The van der Waals surface area contributed by atoms with Crippen LogP contribution in [0.5, 0.6) is 0 Å². The summed E-state index contributed by atoms with van der Waals surface area (Å²) in [5.74, 6) is 0.911. The van der Waals surface area contributed by atoms with E-state index < -0.39 is 0 Å². The van der Waals surface area contributed by atoms with Crippen LogP contribution in [0.25, 0.3) is 11.0 Å². The molecule has 1 saturated carbocycles. The number of nitrogens with zero attached hydrogens (tertiary/aromatic N) is 1. The van der Waals surface area contributed by atoms with Crippen molar-refractivity contribution in [1.82, 2.24) is 9.97 Å². The maximum Gasteiger partial charge on any atom is 0.229 e. The summed E-state index contributed by atoms with van der Waals surface area (Å²) in [5, 5.41) is 4.65. The number of aromatic amines is 1. The quantitative estimate of drug-likeness (QED) is 0.769. The van der Waals surface area contributed by atoms with Crippen LogP contribution in [0.1, 0.15) is 17.9 Å². The molecule has 0 spiro atoms. The molecule has 1 aromatic carbocycles. The number of pyridine rings is 1.